The van der Waals surface area contributed by atoms with E-state index in [1.165, 1.54) is 13.8 Å². The number of aliphatic hydroxyl groups is 4. The predicted octanol–water partition coefficient (Wildman–Crippen LogP) is 9.35. The zero-order chi connectivity index (χ0) is 53.4. The number of carbonyl (C=O) groups excluding carboxylic acids is 4. The lowest BCUT2D eigenvalue weighted by atomic mass is 9.65. The number of esters is 4. The topological polar surface area (TPSA) is 186 Å². The summed E-state index contributed by atoms with van der Waals surface area (Å²) in [4.78, 5) is 47.3. The molecule has 68 heavy (non-hydrogen) atoms. The Morgan fingerprint density at radius 2 is 0.971 bits per heavy atom. The summed E-state index contributed by atoms with van der Waals surface area (Å²) in [7, 11) is 0. The summed E-state index contributed by atoms with van der Waals surface area (Å²) in [5.41, 5.74) is -13.0. The van der Waals surface area contributed by atoms with Crippen molar-refractivity contribution in [3.63, 3.8) is 0 Å². The first-order valence-corrected chi connectivity index (χ1v) is 23.2. The number of fused-ring (bicyclic) bond motifs is 2. The van der Waals surface area contributed by atoms with Crippen molar-refractivity contribution in [1.29, 1.82) is 0 Å². The number of carbonyl (C=O) groups is 4. The van der Waals surface area contributed by atoms with E-state index in [9.17, 15) is 79.1 Å². The molecule has 10 atom stereocenters. The average Bonchev–Trinajstić information content (AvgIpc) is 3.91. The van der Waals surface area contributed by atoms with Crippen LogP contribution in [0.4, 0.5) is 39.5 Å². The summed E-state index contributed by atoms with van der Waals surface area (Å²) >= 11 is 0. The second kappa shape index (κ2) is 21.0. The van der Waals surface area contributed by atoms with Crippen molar-refractivity contribution in [2.75, 3.05) is 6.61 Å². The van der Waals surface area contributed by atoms with E-state index in [1.54, 1.807) is 20.8 Å². The van der Waals surface area contributed by atoms with Crippen molar-refractivity contribution in [3.8, 4) is 0 Å². The fourth-order valence-corrected chi connectivity index (χ4v) is 9.35. The molecule has 0 spiro atoms. The highest BCUT2D eigenvalue weighted by atomic mass is 19.4. The Kier molecular flexibility index (Phi) is 18.9. The van der Waals surface area contributed by atoms with Crippen molar-refractivity contribution < 1.29 is 98.1 Å². The first kappa shape index (κ1) is 61.2. The lowest BCUT2D eigenvalue weighted by Crippen LogP contribution is -2.64. The zero-order valence-corrected chi connectivity index (χ0v) is 41.7. The van der Waals surface area contributed by atoms with Gasteiger partial charge >= 0.3 is 42.4 Å². The van der Waals surface area contributed by atoms with Gasteiger partial charge in [-0.2, -0.15) is 39.5 Å². The van der Waals surface area contributed by atoms with Crippen LogP contribution in [0.15, 0.2) is 0 Å². The maximum atomic E-state index is 13.3. The lowest BCUT2D eigenvalue weighted by Gasteiger charge is -2.47. The van der Waals surface area contributed by atoms with E-state index in [-0.39, 0.29) is 49.1 Å². The first-order chi connectivity index (χ1) is 30.3. The Bertz CT molecular complexity index is 1730. The second-order valence-electron chi connectivity index (χ2n) is 22.3. The third-order valence-corrected chi connectivity index (χ3v) is 15.0. The molecule has 21 heteroatoms. The summed E-state index contributed by atoms with van der Waals surface area (Å²) in [5.74, 6) is -6.56. The number of cyclic esters (lactones) is 1. The molecule has 398 valence electrons. The largest absolute Gasteiger partial charge is 0.463 e. The number of alkyl halides is 9. The molecule has 1 aliphatic heterocycles. The summed E-state index contributed by atoms with van der Waals surface area (Å²) in [6, 6.07) is 0. The molecular weight excluding hydrogens is 927 g/mol. The van der Waals surface area contributed by atoms with Gasteiger partial charge in [-0.05, 0) is 145 Å². The monoisotopic (exact) mass is 1000 g/mol. The Labute approximate surface area is 393 Å². The molecule has 0 radical (unpaired) electrons. The van der Waals surface area contributed by atoms with Gasteiger partial charge in [0.25, 0.3) is 5.60 Å². The third-order valence-electron chi connectivity index (χ3n) is 15.0. The van der Waals surface area contributed by atoms with Gasteiger partial charge in [-0.25, -0.2) is 4.79 Å². The molecule has 4 N–H and O–H groups in total. The van der Waals surface area contributed by atoms with Crippen LogP contribution in [0.1, 0.15) is 155 Å². The highest BCUT2D eigenvalue weighted by Crippen LogP contribution is 2.60. The molecule has 1 heterocycles. The van der Waals surface area contributed by atoms with Crippen LogP contribution < -0.4 is 0 Å². The van der Waals surface area contributed by atoms with Crippen LogP contribution in [0.25, 0.3) is 0 Å². The first-order valence-electron chi connectivity index (χ1n) is 23.2. The maximum Gasteiger partial charge on any atom is 0.426 e. The summed E-state index contributed by atoms with van der Waals surface area (Å²) in [6.07, 6.45) is -20.3. The Morgan fingerprint density at radius 1 is 0.559 bits per heavy atom. The van der Waals surface area contributed by atoms with Crippen LogP contribution in [0.5, 0.6) is 0 Å². The zero-order valence-electron chi connectivity index (χ0n) is 41.7. The predicted molar refractivity (Wildman–Crippen MR) is 228 cm³/mol. The third kappa shape index (κ3) is 13.7. The Balaban J connectivity index is 0.000000375. The van der Waals surface area contributed by atoms with Gasteiger partial charge in [0.2, 0.25) is 6.10 Å². The second-order valence-corrected chi connectivity index (χ2v) is 22.3. The number of hydrogen-bond acceptors (Lipinski definition) is 12. The summed E-state index contributed by atoms with van der Waals surface area (Å²) in [6.45, 7) is 23.5. The van der Waals surface area contributed by atoms with Crippen LogP contribution in [-0.4, -0.2) is 110 Å². The highest BCUT2D eigenvalue weighted by molar-refractivity contribution is 5.82. The van der Waals surface area contributed by atoms with E-state index in [0.717, 1.165) is 19.3 Å². The molecule has 0 aromatic rings. The van der Waals surface area contributed by atoms with Gasteiger partial charge in [0, 0.05) is 24.2 Å². The molecule has 5 unspecified atom stereocenters. The number of ether oxygens (including phenoxy) is 4. The quantitative estimate of drug-likeness (QED) is 0.0780. The van der Waals surface area contributed by atoms with Gasteiger partial charge in [-0.3, -0.25) is 14.4 Å². The molecule has 0 amide bonds. The average molecular weight is 1000 g/mol. The van der Waals surface area contributed by atoms with Gasteiger partial charge in [0.1, 0.15) is 12.2 Å². The normalized spacial score (nSPS) is 28.3. The Hall–Kier alpha value is -2.91. The van der Waals surface area contributed by atoms with Crippen LogP contribution in [0.3, 0.4) is 0 Å². The van der Waals surface area contributed by atoms with Crippen LogP contribution >= 0.6 is 0 Å². The molecule has 0 aromatic heterocycles. The minimum absolute atomic E-state index is 0.0432. The molecule has 1 saturated heterocycles. The van der Waals surface area contributed by atoms with Gasteiger partial charge in [-0.15, -0.1) is 0 Å². The van der Waals surface area contributed by atoms with Crippen molar-refractivity contribution in [3.05, 3.63) is 0 Å². The van der Waals surface area contributed by atoms with Crippen LogP contribution in [0.2, 0.25) is 0 Å². The van der Waals surface area contributed by atoms with E-state index in [1.807, 2.05) is 55.4 Å². The van der Waals surface area contributed by atoms with E-state index in [4.69, 9.17) is 18.9 Å². The lowest BCUT2D eigenvalue weighted by molar-refractivity contribution is -0.391. The van der Waals surface area contributed by atoms with Gasteiger partial charge in [0.15, 0.2) is 5.60 Å². The van der Waals surface area contributed by atoms with E-state index in [2.05, 4.69) is 0 Å². The highest BCUT2D eigenvalue weighted by Gasteiger charge is 2.75. The Morgan fingerprint density at radius 3 is 1.34 bits per heavy atom. The van der Waals surface area contributed by atoms with E-state index in [0.29, 0.717) is 25.4 Å². The number of hydrogen-bond donors (Lipinski definition) is 4. The van der Waals surface area contributed by atoms with Gasteiger partial charge in [0.05, 0.1) is 34.1 Å². The van der Waals surface area contributed by atoms with Crippen LogP contribution in [0, 0.1) is 51.8 Å². The summed E-state index contributed by atoms with van der Waals surface area (Å²) < 4.78 is 140. The molecule has 12 nitrogen and oxygen atoms in total. The van der Waals surface area contributed by atoms with Gasteiger partial charge < -0.3 is 39.4 Å². The molecule has 4 fully saturated rings. The van der Waals surface area contributed by atoms with Crippen molar-refractivity contribution >= 4 is 23.9 Å². The summed E-state index contributed by atoms with van der Waals surface area (Å²) in [5, 5.41) is 40.9. The molecule has 3 aliphatic carbocycles. The molecule has 4 rings (SSSR count). The van der Waals surface area contributed by atoms with E-state index >= 15 is 0 Å². The smallest absolute Gasteiger partial charge is 0.426 e. The molecule has 4 aliphatic rings. The molecule has 0 aromatic carbocycles. The number of rotatable bonds is 13. The minimum atomic E-state index is -6.28. The standard InChI is InChI=1S/C19H34O4.C18H25F9O4.C10H16O4/c1-8-17(2,3)16(20)23-13-10-11-9-12(13)15(19(6,7)22)14(11)18(4,5)21;1-5-13(2,3)12(28)31-11-7-9(14(4,29)16(19,20)21)6-10(8-11)15(30,17(22,23)24)18(25,26)27;1-4-10(2,3)9(12)14-7-5-6-13-8(7)11/h11-15,21-22H,8-10H2,1-7H3;9-11,29-30H,5-8H2,1-4H3;7H,4-6H2,1-3H3/t11-,12+,13-,14+,15-;;/m1../s1. The fourth-order valence-electron chi connectivity index (χ4n) is 9.35. The molecule has 2 bridgehead atoms. The van der Waals surface area contributed by atoms with Crippen LogP contribution in [-0.2, 0) is 38.1 Å². The molecular formula is C47H75F9O12. The van der Waals surface area contributed by atoms with Crippen molar-refractivity contribution in [1.82, 2.24) is 0 Å². The fraction of sp³-hybridized carbons (Fsp3) is 0.915. The minimum Gasteiger partial charge on any atom is -0.463 e. The van der Waals surface area contributed by atoms with Crippen molar-refractivity contribution in [2.45, 2.75) is 214 Å². The van der Waals surface area contributed by atoms with Crippen molar-refractivity contribution in [2.24, 2.45) is 51.8 Å². The maximum absolute atomic E-state index is 13.3. The SMILES string of the molecule is CCC(C)(C)C(=O)OC1CC(C(C)(O)C(F)(F)F)CC(C(O)(C(F)(F)F)C(F)(F)F)C1.CCC(C)(C)C(=O)OC1CCOC1=O.CCC(C)(C)C(=O)O[C@@H]1C[C@H]2C[C@@H]1[C@@H](C(C)(C)O)[C@H]2C(C)(C)O. The van der Waals surface area contributed by atoms with Gasteiger partial charge in [-0.1, -0.05) is 20.8 Å². The number of halogens is 9. The molecule has 3 saturated carbocycles. The van der Waals surface area contributed by atoms with E-state index < -0.39 is 112 Å².